The van der Waals surface area contributed by atoms with E-state index in [-0.39, 0.29) is 23.6 Å². The molecule has 1 amide bonds. The Morgan fingerprint density at radius 2 is 1.87 bits per heavy atom. The number of hydrogen-bond acceptors (Lipinski definition) is 3. The summed E-state index contributed by atoms with van der Waals surface area (Å²) < 4.78 is 28.3. The normalized spacial score (nSPS) is 16.5. The summed E-state index contributed by atoms with van der Waals surface area (Å²) in [7, 11) is 1.72. The Bertz CT molecular complexity index is 1240. The van der Waals surface area contributed by atoms with Gasteiger partial charge < -0.3 is 9.88 Å². The number of likely N-dealkylation sites (tertiary alicyclic amines) is 1. The molecule has 1 saturated heterocycles. The van der Waals surface area contributed by atoms with Crippen LogP contribution in [0.5, 0.6) is 0 Å². The number of H-pyrrole nitrogens is 1. The van der Waals surface area contributed by atoms with E-state index in [4.69, 9.17) is 0 Å². The van der Waals surface area contributed by atoms with Gasteiger partial charge in [-0.1, -0.05) is 0 Å². The lowest BCUT2D eigenvalue weighted by Gasteiger charge is -2.23. The van der Waals surface area contributed by atoms with E-state index in [0.29, 0.717) is 34.8 Å². The number of amides is 1. The highest BCUT2D eigenvalue weighted by Crippen LogP contribution is 2.33. The zero-order valence-electron chi connectivity index (χ0n) is 16.3. The van der Waals surface area contributed by atoms with Crippen molar-refractivity contribution < 1.29 is 13.6 Å². The van der Waals surface area contributed by atoms with Gasteiger partial charge in [0.15, 0.2) is 0 Å². The van der Waals surface area contributed by atoms with Crippen LogP contribution in [0.1, 0.15) is 35.2 Å². The number of fused-ring (bicyclic) bond motifs is 1. The van der Waals surface area contributed by atoms with Crippen LogP contribution in [-0.4, -0.2) is 37.1 Å². The van der Waals surface area contributed by atoms with Crippen LogP contribution in [0.15, 0.2) is 48.5 Å². The Morgan fingerprint density at radius 3 is 2.67 bits per heavy atom. The number of nitrogens with one attached hydrogen (secondary N) is 1. The number of aromatic nitrogens is 4. The maximum atomic E-state index is 13.5. The van der Waals surface area contributed by atoms with Gasteiger partial charge in [-0.15, -0.1) is 0 Å². The van der Waals surface area contributed by atoms with Gasteiger partial charge in [0, 0.05) is 19.2 Å². The second-order valence-corrected chi connectivity index (χ2v) is 7.49. The second-order valence-electron chi connectivity index (χ2n) is 7.49. The average Bonchev–Trinajstić information content (AvgIpc) is 3.45. The van der Waals surface area contributed by atoms with Crippen LogP contribution in [0.4, 0.5) is 8.78 Å². The molecular weight excluding hydrogens is 388 g/mol. The zero-order valence-corrected chi connectivity index (χ0v) is 16.3. The molecule has 4 aromatic rings. The molecule has 0 aliphatic carbocycles. The van der Waals surface area contributed by atoms with Gasteiger partial charge in [-0.2, -0.15) is 5.10 Å². The first-order valence-corrected chi connectivity index (χ1v) is 9.76. The molecule has 1 atom stereocenters. The number of aryl methyl sites for hydroxylation is 1. The molecule has 0 radical (unpaired) electrons. The SMILES string of the molecule is Cn1nc(-c2ccc(F)cc2)cc1C(=O)N1CCCC1c1nc2ccc(F)cc2[nH]1. The minimum Gasteiger partial charge on any atom is -0.340 e. The van der Waals surface area contributed by atoms with Crippen molar-refractivity contribution in [1.82, 2.24) is 24.6 Å². The molecule has 5 rings (SSSR count). The molecule has 1 N–H and O–H groups in total. The van der Waals surface area contributed by atoms with E-state index in [1.165, 1.54) is 24.3 Å². The zero-order chi connectivity index (χ0) is 20.8. The van der Waals surface area contributed by atoms with Crippen molar-refractivity contribution in [2.75, 3.05) is 6.54 Å². The van der Waals surface area contributed by atoms with Gasteiger partial charge in [-0.3, -0.25) is 9.48 Å². The molecule has 1 unspecified atom stereocenters. The number of nitrogens with zero attached hydrogens (tertiary/aromatic N) is 4. The van der Waals surface area contributed by atoms with Crippen molar-refractivity contribution in [2.45, 2.75) is 18.9 Å². The third-order valence-electron chi connectivity index (χ3n) is 5.53. The maximum Gasteiger partial charge on any atom is 0.272 e. The van der Waals surface area contributed by atoms with Gasteiger partial charge in [-0.25, -0.2) is 13.8 Å². The van der Waals surface area contributed by atoms with E-state index in [2.05, 4.69) is 15.1 Å². The molecule has 3 heterocycles. The topological polar surface area (TPSA) is 66.8 Å². The van der Waals surface area contributed by atoms with Gasteiger partial charge in [0.1, 0.15) is 23.2 Å². The van der Waals surface area contributed by atoms with Crippen molar-refractivity contribution in [3.8, 4) is 11.3 Å². The van der Waals surface area contributed by atoms with Crippen LogP contribution in [0.25, 0.3) is 22.3 Å². The molecule has 30 heavy (non-hydrogen) atoms. The van der Waals surface area contributed by atoms with E-state index in [9.17, 15) is 13.6 Å². The summed E-state index contributed by atoms with van der Waals surface area (Å²) in [5.74, 6) is -0.147. The Labute approximate surface area is 171 Å². The molecule has 1 fully saturated rings. The van der Waals surface area contributed by atoms with E-state index >= 15 is 0 Å². The standard InChI is InChI=1S/C22H19F2N5O/c1-28-20(12-17(27-28)13-4-6-14(23)7-5-13)22(30)29-10-2-3-19(29)21-25-16-9-8-15(24)11-18(16)26-21/h4-9,11-12,19H,2-3,10H2,1H3,(H,25,26). The highest BCUT2D eigenvalue weighted by molar-refractivity contribution is 5.94. The average molecular weight is 407 g/mol. The Balaban J connectivity index is 1.45. The lowest BCUT2D eigenvalue weighted by Crippen LogP contribution is -2.32. The Hall–Kier alpha value is -3.55. The number of rotatable bonds is 3. The largest absolute Gasteiger partial charge is 0.340 e. The maximum absolute atomic E-state index is 13.5. The fourth-order valence-electron chi connectivity index (χ4n) is 4.03. The molecular formula is C22H19F2N5O. The van der Waals surface area contributed by atoms with Crippen molar-refractivity contribution >= 4 is 16.9 Å². The summed E-state index contributed by atoms with van der Waals surface area (Å²) in [4.78, 5) is 22.8. The number of hydrogen-bond donors (Lipinski definition) is 1. The van der Waals surface area contributed by atoms with Crippen LogP contribution in [0.3, 0.4) is 0 Å². The Kier molecular flexibility index (Phi) is 4.34. The summed E-state index contributed by atoms with van der Waals surface area (Å²) in [6, 6.07) is 11.9. The summed E-state index contributed by atoms with van der Waals surface area (Å²) >= 11 is 0. The van der Waals surface area contributed by atoms with E-state index in [1.807, 2.05) is 0 Å². The van der Waals surface area contributed by atoms with Crippen LogP contribution >= 0.6 is 0 Å². The van der Waals surface area contributed by atoms with Crippen molar-refractivity contribution in [1.29, 1.82) is 0 Å². The van der Waals surface area contributed by atoms with Gasteiger partial charge in [-0.05, 0) is 61.4 Å². The predicted octanol–water partition coefficient (Wildman–Crippen LogP) is 4.22. The first-order chi connectivity index (χ1) is 14.5. The van der Waals surface area contributed by atoms with Crippen LogP contribution < -0.4 is 0 Å². The minimum absolute atomic E-state index is 0.146. The molecule has 1 aliphatic heterocycles. The lowest BCUT2D eigenvalue weighted by molar-refractivity contribution is 0.0719. The molecule has 2 aromatic carbocycles. The number of carbonyl (C=O) groups excluding carboxylic acids is 1. The number of aromatic amines is 1. The molecule has 1 aliphatic rings. The summed E-state index contributed by atoms with van der Waals surface area (Å²) in [6.45, 7) is 0.603. The monoisotopic (exact) mass is 407 g/mol. The number of benzene rings is 2. The lowest BCUT2D eigenvalue weighted by atomic mass is 10.1. The fourth-order valence-corrected chi connectivity index (χ4v) is 4.03. The van der Waals surface area contributed by atoms with Crippen LogP contribution in [0.2, 0.25) is 0 Å². The van der Waals surface area contributed by atoms with Gasteiger partial charge >= 0.3 is 0 Å². The van der Waals surface area contributed by atoms with E-state index in [0.717, 1.165) is 18.4 Å². The van der Waals surface area contributed by atoms with Crippen LogP contribution in [0, 0.1) is 11.6 Å². The van der Waals surface area contributed by atoms with E-state index < -0.39 is 0 Å². The quantitative estimate of drug-likeness (QED) is 0.553. The third kappa shape index (κ3) is 3.14. The summed E-state index contributed by atoms with van der Waals surface area (Å²) in [6.07, 6.45) is 1.63. The molecule has 6 nitrogen and oxygen atoms in total. The molecule has 0 saturated carbocycles. The van der Waals surface area contributed by atoms with Crippen molar-refractivity contribution in [3.63, 3.8) is 0 Å². The summed E-state index contributed by atoms with van der Waals surface area (Å²) in [5.41, 5.74) is 3.08. The van der Waals surface area contributed by atoms with Gasteiger partial charge in [0.25, 0.3) is 5.91 Å². The van der Waals surface area contributed by atoms with Crippen molar-refractivity contribution in [2.24, 2.45) is 7.05 Å². The molecule has 0 bridgehead atoms. The van der Waals surface area contributed by atoms with Gasteiger partial charge in [0.05, 0.1) is 22.8 Å². The first-order valence-electron chi connectivity index (χ1n) is 9.76. The van der Waals surface area contributed by atoms with Crippen LogP contribution in [-0.2, 0) is 7.05 Å². The van der Waals surface area contributed by atoms with Crippen molar-refractivity contribution in [3.05, 3.63) is 71.7 Å². The number of imidazole rings is 1. The first kappa shape index (κ1) is 18.5. The van der Waals surface area contributed by atoms with E-state index in [1.54, 1.807) is 40.9 Å². The second kappa shape index (κ2) is 7.05. The fraction of sp³-hybridized carbons (Fsp3) is 0.227. The predicted molar refractivity (Wildman–Crippen MR) is 108 cm³/mol. The number of carbonyl (C=O) groups is 1. The molecule has 0 spiro atoms. The van der Waals surface area contributed by atoms with Gasteiger partial charge in [0.2, 0.25) is 0 Å². The highest BCUT2D eigenvalue weighted by atomic mass is 19.1. The minimum atomic E-state index is -0.333. The molecule has 2 aromatic heterocycles. The number of halogens is 2. The Morgan fingerprint density at radius 1 is 1.10 bits per heavy atom. The highest BCUT2D eigenvalue weighted by Gasteiger charge is 2.34. The summed E-state index contributed by atoms with van der Waals surface area (Å²) in [5, 5.41) is 4.43. The molecule has 8 heteroatoms. The third-order valence-corrected chi connectivity index (χ3v) is 5.53. The molecule has 152 valence electrons. The smallest absolute Gasteiger partial charge is 0.272 e.